The van der Waals surface area contributed by atoms with E-state index in [0.717, 1.165) is 28.6 Å². The summed E-state index contributed by atoms with van der Waals surface area (Å²) in [6.07, 6.45) is 1.49. The van der Waals surface area contributed by atoms with E-state index >= 15 is 0 Å². The Hall–Kier alpha value is -3.10. The zero-order valence-electron chi connectivity index (χ0n) is 16.1. The lowest BCUT2D eigenvalue weighted by Gasteiger charge is -2.07. The minimum absolute atomic E-state index is 0.109. The number of amides is 1. The van der Waals surface area contributed by atoms with Gasteiger partial charge in [0.1, 0.15) is 5.39 Å². The van der Waals surface area contributed by atoms with Crippen molar-refractivity contribution in [3.05, 3.63) is 81.2 Å². The number of carbonyl (C=O) groups is 1. The summed E-state index contributed by atoms with van der Waals surface area (Å²) < 4.78 is 1.62. The van der Waals surface area contributed by atoms with Crippen LogP contribution in [0.5, 0.6) is 0 Å². The molecule has 0 fully saturated rings. The monoisotopic (exact) mass is 439 g/mol. The Morgan fingerprint density at radius 3 is 2.73 bits per heavy atom. The lowest BCUT2D eigenvalue weighted by atomic mass is 10.2. The van der Waals surface area contributed by atoms with E-state index in [1.807, 2.05) is 49.4 Å². The molecule has 0 saturated heterocycles. The van der Waals surface area contributed by atoms with Crippen LogP contribution in [0.1, 0.15) is 11.1 Å². The van der Waals surface area contributed by atoms with Gasteiger partial charge in [-0.05, 0) is 30.7 Å². The first kappa shape index (κ1) is 20.2. The molecule has 0 atom stereocenters. The van der Waals surface area contributed by atoms with E-state index in [4.69, 9.17) is 11.6 Å². The Morgan fingerprint density at radius 2 is 1.97 bits per heavy atom. The van der Waals surface area contributed by atoms with Crippen LogP contribution in [-0.4, -0.2) is 31.4 Å². The fourth-order valence-corrected chi connectivity index (χ4v) is 3.75. The lowest BCUT2D eigenvalue weighted by Crippen LogP contribution is -2.25. The molecule has 0 saturated carbocycles. The number of aromatic nitrogens is 4. The smallest absolute Gasteiger partial charge is 0.262 e. The molecule has 0 aliphatic rings. The van der Waals surface area contributed by atoms with E-state index in [1.165, 1.54) is 6.20 Å². The summed E-state index contributed by atoms with van der Waals surface area (Å²) in [5.74, 6) is -0.0768. The number of aromatic amines is 1. The molecule has 0 unspecified atom stereocenters. The number of H-pyrrole nitrogens is 1. The molecule has 0 aliphatic heterocycles. The van der Waals surface area contributed by atoms with Crippen molar-refractivity contribution in [1.82, 2.24) is 25.1 Å². The van der Waals surface area contributed by atoms with E-state index < -0.39 is 0 Å². The van der Waals surface area contributed by atoms with Crippen LogP contribution in [0.3, 0.4) is 0 Å². The molecule has 0 aliphatic carbocycles. The third-order valence-electron chi connectivity index (χ3n) is 4.47. The van der Waals surface area contributed by atoms with Crippen LogP contribution in [0.4, 0.5) is 0 Å². The van der Waals surface area contributed by atoms with Crippen LogP contribution < -0.4 is 10.9 Å². The van der Waals surface area contributed by atoms with Crippen molar-refractivity contribution in [2.24, 2.45) is 0 Å². The van der Waals surface area contributed by atoms with Crippen LogP contribution in [-0.2, 0) is 11.3 Å². The SMILES string of the molecule is Cc1ccc(-n2ncc3c(=O)[nH]c(SCC(=O)NCc4ccccc4Cl)nc32)cc1. The molecule has 9 heteroatoms. The van der Waals surface area contributed by atoms with Gasteiger partial charge in [-0.25, -0.2) is 9.67 Å². The number of hydrogen-bond acceptors (Lipinski definition) is 5. The highest BCUT2D eigenvalue weighted by atomic mass is 35.5. The average molecular weight is 440 g/mol. The number of thioether (sulfide) groups is 1. The zero-order chi connectivity index (χ0) is 21.1. The minimum atomic E-state index is -0.294. The molecule has 0 bridgehead atoms. The van der Waals surface area contributed by atoms with Crippen molar-refractivity contribution >= 4 is 40.3 Å². The fraction of sp³-hybridized carbons (Fsp3) is 0.143. The molecule has 2 heterocycles. The molecular formula is C21H18ClN5O2S. The molecule has 0 radical (unpaired) electrons. The summed E-state index contributed by atoms with van der Waals surface area (Å²) in [4.78, 5) is 31.8. The molecule has 4 rings (SSSR count). The Bertz CT molecular complexity index is 1270. The Balaban J connectivity index is 1.48. The number of nitrogens with zero attached hydrogens (tertiary/aromatic N) is 3. The summed E-state index contributed by atoms with van der Waals surface area (Å²) in [6.45, 7) is 2.34. The highest BCUT2D eigenvalue weighted by Crippen LogP contribution is 2.18. The quantitative estimate of drug-likeness (QED) is 0.354. The predicted molar refractivity (Wildman–Crippen MR) is 118 cm³/mol. The molecule has 2 N–H and O–H groups in total. The zero-order valence-corrected chi connectivity index (χ0v) is 17.6. The molecule has 0 spiro atoms. The molecular weight excluding hydrogens is 422 g/mol. The van der Waals surface area contributed by atoms with Gasteiger partial charge in [-0.15, -0.1) is 0 Å². The third-order valence-corrected chi connectivity index (χ3v) is 5.71. The Labute approximate surface area is 181 Å². The Morgan fingerprint density at radius 1 is 1.20 bits per heavy atom. The van der Waals surface area contributed by atoms with E-state index in [2.05, 4.69) is 20.4 Å². The number of nitrogens with one attached hydrogen (secondary N) is 2. The lowest BCUT2D eigenvalue weighted by molar-refractivity contribution is -0.118. The second-order valence-electron chi connectivity index (χ2n) is 6.66. The number of halogens is 1. The van der Waals surface area contributed by atoms with Crippen molar-refractivity contribution in [3.8, 4) is 5.69 Å². The van der Waals surface area contributed by atoms with Gasteiger partial charge >= 0.3 is 0 Å². The summed E-state index contributed by atoms with van der Waals surface area (Å²) in [6, 6.07) is 15.1. The summed E-state index contributed by atoms with van der Waals surface area (Å²) in [7, 11) is 0. The van der Waals surface area contributed by atoms with Gasteiger partial charge in [-0.1, -0.05) is 59.3 Å². The maximum atomic E-state index is 12.4. The molecule has 152 valence electrons. The normalized spacial score (nSPS) is 11.0. The van der Waals surface area contributed by atoms with Crippen LogP contribution >= 0.6 is 23.4 Å². The van der Waals surface area contributed by atoms with Gasteiger partial charge in [-0.2, -0.15) is 5.10 Å². The van der Waals surface area contributed by atoms with Crippen LogP contribution in [0.15, 0.2) is 64.7 Å². The number of hydrogen-bond donors (Lipinski definition) is 2. The van der Waals surface area contributed by atoms with Crippen molar-refractivity contribution < 1.29 is 4.79 Å². The first-order valence-corrected chi connectivity index (χ1v) is 10.6. The molecule has 1 amide bonds. The van der Waals surface area contributed by atoms with Gasteiger partial charge in [-0.3, -0.25) is 9.59 Å². The highest BCUT2D eigenvalue weighted by molar-refractivity contribution is 7.99. The maximum absolute atomic E-state index is 12.4. The van der Waals surface area contributed by atoms with Gasteiger partial charge in [0.2, 0.25) is 5.91 Å². The van der Waals surface area contributed by atoms with Gasteiger partial charge in [0.25, 0.3) is 5.56 Å². The predicted octanol–water partition coefficient (Wildman–Crippen LogP) is 3.48. The van der Waals surface area contributed by atoms with Gasteiger partial charge in [0.05, 0.1) is 17.6 Å². The van der Waals surface area contributed by atoms with Crippen LogP contribution in [0, 0.1) is 6.92 Å². The summed E-state index contributed by atoms with van der Waals surface area (Å²) in [5, 5.41) is 8.47. The van der Waals surface area contributed by atoms with E-state index in [1.54, 1.807) is 10.7 Å². The van der Waals surface area contributed by atoms with Crippen molar-refractivity contribution in [3.63, 3.8) is 0 Å². The molecule has 4 aromatic rings. The number of fused-ring (bicyclic) bond motifs is 1. The molecule has 2 aromatic heterocycles. The van der Waals surface area contributed by atoms with E-state index in [9.17, 15) is 9.59 Å². The first-order valence-electron chi connectivity index (χ1n) is 9.19. The number of benzene rings is 2. The van der Waals surface area contributed by atoms with Crippen molar-refractivity contribution in [2.75, 3.05) is 5.75 Å². The van der Waals surface area contributed by atoms with E-state index in [0.29, 0.717) is 27.8 Å². The van der Waals surface area contributed by atoms with Crippen molar-refractivity contribution in [1.29, 1.82) is 0 Å². The standard InChI is InChI=1S/C21H18ClN5O2S/c1-13-6-8-15(9-7-13)27-19-16(11-24-27)20(29)26-21(25-19)30-12-18(28)23-10-14-4-2-3-5-17(14)22/h2-9,11H,10,12H2,1H3,(H,23,28)(H,25,26,29). The largest absolute Gasteiger partial charge is 0.351 e. The fourth-order valence-electron chi connectivity index (χ4n) is 2.86. The van der Waals surface area contributed by atoms with Crippen LogP contribution in [0.2, 0.25) is 5.02 Å². The average Bonchev–Trinajstić information content (AvgIpc) is 3.17. The van der Waals surface area contributed by atoms with Crippen molar-refractivity contribution in [2.45, 2.75) is 18.6 Å². The van der Waals surface area contributed by atoms with Gasteiger partial charge < -0.3 is 10.3 Å². The topological polar surface area (TPSA) is 92.7 Å². The second kappa shape index (κ2) is 8.73. The van der Waals surface area contributed by atoms with Gasteiger partial charge in [0, 0.05) is 11.6 Å². The van der Waals surface area contributed by atoms with Crippen LogP contribution in [0.25, 0.3) is 16.7 Å². The minimum Gasteiger partial charge on any atom is -0.351 e. The third kappa shape index (κ3) is 4.39. The molecule has 7 nitrogen and oxygen atoms in total. The number of rotatable bonds is 6. The maximum Gasteiger partial charge on any atom is 0.262 e. The second-order valence-corrected chi connectivity index (χ2v) is 8.03. The first-order chi connectivity index (χ1) is 14.5. The number of aryl methyl sites for hydroxylation is 1. The highest BCUT2D eigenvalue weighted by Gasteiger charge is 2.13. The summed E-state index contributed by atoms with van der Waals surface area (Å²) in [5.41, 5.74) is 2.92. The molecule has 30 heavy (non-hydrogen) atoms. The molecule has 2 aromatic carbocycles. The van der Waals surface area contributed by atoms with E-state index in [-0.39, 0.29) is 17.2 Å². The number of carbonyl (C=O) groups excluding carboxylic acids is 1. The summed E-state index contributed by atoms with van der Waals surface area (Å²) >= 11 is 7.26. The van der Waals surface area contributed by atoms with Gasteiger partial charge in [0.15, 0.2) is 10.8 Å². The Kier molecular flexibility index (Phi) is 5.87.